The van der Waals surface area contributed by atoms with Gasteiger partial charge in [0, 0.05) is 18.5 Å². The Labute approximate surface area is 119 Å². The van der Waals surface area contributed by atoms with Crippen molar-refractivity contribution in [1.82, 2.24) is 4.57 Å². The third-order valence-corrected chi connectivity index (χ3v) is 3.30. The van der Waals surface area contributed by atoms with Crippen molar-refractivity contribution in [1.29, 1.82) is 0 Å². The molecular formula is C16H12FNO3. The Morgan fingerprint density at radius 3 is 2.57 bits per heavy atom. The highest BCUT2D eigenvalue weighted by Gasteiger charge is 2.11. The van der Waals surface area contributed by atoms with Crippen molar-refractivity contribution < 1.29 is 13.6 Å². The molecule has 0 amide bonds. The normalized spacial score (nSPS) is 10.9. The van der Waals surface area contributed by atoms with Gasteiger partial charge in [-0.2, -0.15) is 0 Å². The van der Waals surface area contributed by atoms with Gasteiger partial charge in [-0.1, -0.05) is 12.1 Å². The molecule has 0 spiro atoms. The van der Waals surface area contributed by atoms with Crippen LogP contribution in [0.5, 0.6) is 0 Å². The number of oxazole rings is 1. The highest BCUT2D eigenvalue weighted by molar-refractivity contribution is 5.96. The first kappa shape index (κ1) is 13.3. The molecule has 0 saturated heterocycles. The Balaban J connectivity index is 1.80. The van der Waals surface area contributed by atoms with E-state index in [-0.39, 0.29) is 24.6 Å². The summed E-state index contributed by atoms with van der Waals surface area (Å²) in [5, 5.41) is 0. The van der Waals surface area contributed by atoms with Crippen LogP contribution in [0.25, 0.3) is 11.1 Å². The Hall–Kier alpha value is -2.69. The summed E-state index contributed by atoms with van der Waals surface area (Å²) >= 11 is 0. The van der Waals surface area contributed by atoms with Crippen molar-refractivity contribution >= 4 is 16.9 Å². The van der Waals surface area contributed by atoms with Crippen LogP contribution in [0.2, 0.25) is 0 Å². The fourth-order valence-corrected chi connectivity index (χ4v) is 2.22. The number of halogens is 1. The molecule has 0 aliphatic rings. The number of benzene rings is 2. The number of carbonyl (C=O) groups excluding carboxylic acids is 1. The van der Waals surface area contributed by atoms with E-state index in [0.717, 1.165) is 0 Å². The van der Waals surface area contributed by atoms with Gasteiger partial charge in [-0.05, 0) is 36.4 Å². The first-order valence-corrected chi connectivity index (χ1v) is 6.52. The molecule has 0 radical (unpaired) electrons. The van der Waals surface area contributed by atoms with Crippen molar-refractivity contribution in [2.24, 2.45) is 0 Å². The van der Waals surface area contributed by atoms with Crippen LogP contribution in [-0.2, 0) is 6.54 Å². The van der Waals surface area contributed by atoms with E-state index >= 15 is 0 Å². The standard InChI is InChI=1S/C16H12FNO3/c17-12-7-5-11(6-8-12)14(19)9-10-18-13-3-1-2-4-15(13)21-16(18)20/h1-8H,9-10H2. The third-order valence-electron chi connectivity index (χ3n) is 3.30. The van der Waals surface area contributed by atoms with Gasteiger partial charge < -0.3 is 4.42 Å². The molecule has 21 heavy (non-hydrogen) atoms. The Morgan fingerprint density at radius 2 is 1.81 bits per heavy atom. The molecule has 5 heteroatoms. The molecule has 1 heterocycles. The van der Waals surface area contributed by atoms with Crippen molar-refractivity contribution in [2.75, 3.05) is 0 Å². The number of aryl methyl sites for hydroxylation is 1. The van der Waals surface area contributed by atoms with Crippen molar-refractivity contribution in [3.63, 3.8) is 0 Å². The third kappa shape index (κ3) is 2.63. The molecule has 0 aliphatic heterocycles. The zero-order valence-corrected chi connectivity index (χ0v) is 11.1. The van der Waals surface area contributed by atoms with Gasteiger partial charge in [0.2, 0.25) is 0 Å². The Bertz CT molecular complexity index is 846. The van der Waals surface area contributed by atoms with Gasteiger partial charge in [0.25, 0.3) is 0 Å². The van der Waals surface area contributed by atoms with Gasteiger partial charge >= 0.3 is 5.76 Å². The minimum Gasteiger partial charge on any atom is -0.408 e. The van der Waals surface area contributed by atoms with Gasteiger partial charge in [0.1, 0.15) is 5.82 Å². The summed E-state index contributed by atoms with van der Waals surface area (Å²) < 4.78 is 19.3. The monoisotopic (exact) mass is 285 g/mol. The van der Waals surface area contributed by atoms with Crippen LogP contribution < -0.4 is 5.76 Å². The number of rotatable bonds is 4. The molecule has 4 nitrogen and oxygen atoms in total. The average molecular weight is 285 g/mol. The Kier molecular flexibility index (Phi) is 3.39. The SMILES string of the molecule is O=C(CCn1c(=O)oc2ccccc21)c1ccc(F)cc1. The minimum absolute atomic E-state index is 0.146. The van der Waals surface area contributed by atoms with Crippen LogP contribution in [-0.4, -0.2) is 10.4 Å². The van der Waals surface area contributed by atoms with Crippen molar-refractivity contribution in [2.45, 2.75) is 13.0 Å². The number of Topliss-reactive ketones (excluding diaryl/α,β-unsaturated/α-hetero) is 1. The maximum absolute atomic E-state index is 12.8. The van der Waals surface area contributed by atoms with Crippen LogP contribution in [0.1, 0.15) is 16.8 Å². The smallest absolute Gasteiger partial charge is 0.408 e. The number of para-hydroxylation sites is 2. The van der Waals surface area contributed by atoms with Crippen LogP contribution in [0.3, 0.4) is 0 Å². The summed E-state index contributed by atoms with van der Waals surface area (Å²) in [6.07, 6.45) is 0.148. The number of ketones is 1. The van der Waals surface area contributed by atoms with E-state index in [1.54, 1.807) is 24.3 Å². The lowest BCUT2D eigenvalue weighted by molar-refractivity contribution is 0.0977. The number of nitrogens with zero attached hydrogens (tertiary/aromatic N) is 1. The van der Waals surface area contributed by atoms with Gasteiger partial charge in [-0.3, -0.25) is 9.36 Å². The van der Waals surface area contributed by atoms with Crippen LogP contribution in [0.4, 0.5) is 4.39 Å². The first-order valence-electron chi connectivity index (χ1n) is 6.52. The quantitative estimate of drug-likeness (QED) is 0.692. The predicted molar refractivity (Wildman–Crippen MR) is 75.8 cm³/mol. The Morgan fingerprint density at radius 1 is 1.10 bits per heavy atom. The number of fused-ring (bicyclic) bond motifs is 1. The lowest BCUT2D eigenvalue weighted by Crippen LogP contribution is -2.16. The van der Waals surface area contributed by atoms with E-state index in [0.29, 0.717) is 16.7 Å². The van der Waals surface area contributed by atoms with Gasteiger partial charge in [0.15, 0.2) is 11.4 Å². The fourth-order valence-electron chi connectivity index (χ4n) is 2.22. The van der Waals surface area contributed by atoms with E-state index in [9.17, 15) is 14.0 Å². The fraction of sp³-hybridized carbons (Fsp3) is 0.125. The maximum Gasteiger partial charge on any atom is 0.419 e. The first-order chi connectivity index (χ1) is 10.1. The van der Waals surface area contributed by atoms with E-state index in [4.69, 9.17) is 4.42 Å². The molecule has 0 atom stereocenters. The van der Waals surface area contributed by atoms with Crippen molar-refractivity contribution in [3.05, 3.63) is 70.5 Å². The summed E-state index contributed by atoms with van der Waals surface area (Å²) in [7, 11) is 0. The highest BCUT2D eigenvalue weighted by Crippen LogP contribution is 2.13. The molecule has 0 saturated carbocycles. The summed E-state index contributed by atoms with van der Waals surface area (Å²) in [4.78, 5) is 23.8. The molecule has 3 aromatic rings. The van der Waals surface area contributed by atoms with Gasteiger partial charge in [0.05, 0.1) is 5.52 Å². The molecule has 0 fully saturated rings. The highest BCUT2D eigenvalue weighted by atomic mass is 19.1. The largest absolute Gasteiger partial charge is 0.419 e. The van der Waals surface area contributed by atoms with Crippen LogP contribution >= 0.6 is 0 Å². The second-order valence-corrected chi connectivity index (χ2v) is 4.67. The molecule has 1 aromatic heterocycles. The van der Waals surface area contributed by atoms with E-state index in [1.165, 1.54) is 28.8 Å². The molecule has 0 aliphatic carbocycles. The second kappa shape index (κ2) is 5.36. The predicted octanol–water partition coefficient (Wildman–Crippen LogP) is 3.01. The summed E-state index contributed by atoms with van der Waals surface area (Å²) in [5.74, 6) is -1.01. The number of hydrogen-bond donors (Lipinski definition) is 0. The van der Waals surface area contributed by atoms with E-state index in [1.807, 2.05) is 0 Å². The lowest BCUT2D eigenvalue weighted by Gasteiger charge is -2.02. The number of hydrogen-bond acceptors (Lipinski definition) is 3. The van der Waals surface area contributed by atoms with Crippen LogP contribution in [0, 0.1) is 5.82 Å². The summed E-state index contributed by atoms with van der Waals surface area (Å²) in [5.41, 5.74) is 1.59. The molecular weight excluding hydrogens is 273 g/mol. The van der Waals surface area contributed by atoms with Crippen LogP contribution in [0.15, 0.2) is 57.7 Å². The molecule has 106 valence electrons. The lowest BCUT2D eigenvalue weighted by atomic mass is 10.1. The van der Waals surface area contributed by atoms with E-state index < -0.39 is 5.76 Å². The molecule has 3 rings (SSSR count). The second-order valence-electron chi connectivity index (χ2n) is 4.67. The molecule has 0 unspecified atom stereocenters. The topological polar surface area (TPSA) is 52.2 Å². The minimum atomic E-state index is -0.483. The van der Waals surface area contributed by atoms with Crippen molar-refractivity contribution in [3.8, 4) is 0 Å². The molecule has 0 bridgehead atoms. The number of aromatic nitrogens is 1. The summed E-state index contributed by atoms with van der Waals surface area (Å²) in [6.45, 7) is 0.228. The molecule has 2 aromatic carbocycles. The average Bonchev–Trinajstić information content (AvgIpc) is 2.81. The molecule has 0 N–H and O–H groups in total. The summed E-state index contributed by atoms with van der Waals surface area (Å²) in [6, 6.07) is 12.4. The maximum atomic E-state index is 12.8. The zero-order valence-electron chi connectivity index (χ0n) is 11.1. The zero-order chi connectivity index (χ0) is 14.8. The van der Waals surface area contributed by atoms with Gasteiger partial charge in [-0.15, -0.1) is 0 Å². The number of carbonyl (C=O) groups is 1. The van der Waals surface area contributed by atoms with Gasteiger partial charge in [-0.25, -0.2) is 9.18 Å². The van der Waals surface area contributed by atoms with E-state index in [2.05, 4.69) is 0 Å².